The number of nitrogens with zero attached hydrogens (tertiary/aromatic N) is 2. The Morgan fingerprint density at radius 1 is 1.24 bits per heavy atom. The molecule has 156 valence electrons. The summed E-state index contributed by atoms with van der Waals surface area (Å²) in [4.78, 5) is 36.8. The smallest absolute Gasteiger partial charge is 0.329 e. The van der Waals surface area contributed by atoms with Gasteiger partial charge in [-0.3, -0.25) is 24.0 Å². The molecular formula is C21H28N4O4. The molecule has 1 saturated carbocycles. The number of fused-ring (bicyclic) bond motifs is 1. The Kier molecular flexibility index (Phi) is 5.56. The van der Waals surface area contributed by atoms with Crippen LogP contribution in [-0.4, -0.2) is 47.3 Å². The van der Waals surface area contributed by atoms with Crippen molar-refractivity contribution in [3.05, 3.63) is 34.2 Å². The van der Waals surface area contributed by atoms with Crippen LogP contribution in [0.2, 0.25) is 0 Å². The fourth-order valence-electron chi connectivity index (χ4n) is 4.53. The number of aryl methyl sites for hydroxylation is 1. The van der Waals surface area contributed by atoms with E-state index in [1.165, 1.54) is 0 Å². The first-order valence-corrected chi connectivity index (χ1v) is 10.3. The number of nitrogens with one attached hydrogen (secondary N) is 2. The summed E-state index contributed by atoms with van der Waals surface area (Å²) in [5.74, 6) is -0.146. The highest BCUT2D eigenvalue weighted by Gasteiger charge is 2.33. The van der Waals surface area contributed by atoms with E-state index < -0.39 is 11.9 Å². The molecule has 29 heavy (non-hydrogen) atoms. The Balaban J connectivity index is 1.56. The molecule has 1 atom stereocenters. The van der Waals surface area contributed by atoms with Gasteiger partial charge in [0.2, 0.25) is 11.8 Å². The average Bonchev–Trinajstić information content (AvgIpc) is 2.91. The van der Waals surface area contributed by atoms with Crippen LogP contribution in [0.1, 0.15) is 37.3 Å². The van der Waals surface area contributed by atoms with E-state index >= 15 is 0 Å². The first-order valence-electron chi connectivity index (χ1n) is 10.3. The van der Waals surface area contributed by atoms with Crippen LogP contribution >= 0.6 is 0 Å². The summed E-state index contributed by atoms with van der Waals surface area (Å²) >= 11 is 0. The van der Waals surface area contributed by atoms with Gasteiger partial charge < -0.3 is 10.1 Å². The number of piperidine rings is 1. The maximum Gasteiger partial charge on any atom is 0.329 e. The maximum atomic E-state index is 13.0. The fourth-order valence-corrected chi connectivity index (χ4v) is 4.53. The Bertz CT molecular complexity index is 986. The topological polar surface area (TPSA) is 94.4 Å². The lowest BCUT2D eigenvalue weighted by Gasteiger charge is -2.35. The molecule has 8 heteroatoms. The summed E-state index contributed by atoms with van der Waals surface area (Å²) in [6, 6.07) is 5.24. The van der Waals surface area contributed by atoms with E-state index in [1.54, 1.807) is 16.2 Å². The van der Waals surface area contributed by atoms with Gasteiger partial charge in [-0.15, -0.1) is 0 Å². The predicted octanol–water partition coefficient (Wildman–Crippen LogP) is 0.875. The number of carbonyl (C=O) groups excluding carboxylic acids is 2. The summed E-state index contributed by atoms with van der Waals surface area (Å²) in [7, 11) is 3.67. The van der Waals surface area contributed by atoms with E-state index in [9.17, 15) is 14.4 Å². The van der Waals surface area contributed by atoms with Gasteiger partial charge in [0.25, 0.3) is 0 Å². The highest BCUT2D eigenvalue weighted by molar-refractivity contribution is 6.00. The number of para-hydroxylation sites is 1. The Labute approximate surface area is 169 Å². The molecule has 4 rings (SSSR count). The molecule has 0 radical (unpaired) electrons. The number of benzene rings is 1. The third-order valence-electron chi connectivity index (χ3n) is 6.11. The first kappa shape index (κ1) is 19.8. The van der Waals surface area contributed by atoms with E-state index in [4.69, 9.17) is 4.74 Å². The monoisotopic (exact) mass is 400 g/mol. The fraction of sp³-hybridized carbons (Fsp3) is 0.571. The summed E-state index contributed by atoms with van der Waals surface area (Å²) < 4.78 is 9.01. The minimum absolute atomic E-state index is 0.219. The van der Waals surface area contributed by atoms with Crippen molar-refractivity contribution in [3.8, 4) is 0 Å². The zero-order valence-corrected chi connectivity index (χ0v) is 16.9. The maximum absolute atomic E-state index is 13.0. The van der Waals surface area contributed by atoms with Crippen LogP contribution in [-0.2, 0) is 27.8 Å². The van der Waals surface area contributed by atoms with Crippen molar-refractivity contribution >= 4 is 22.8 Å². The molecule has 0 bridgehead atoms. The van der Waals surface area contributed by atoms with E-state index in [2.05, 4.69) is 16.7 Å². The minimum atomic E-state index is -0.646. The van der Waals surface area contributed by atoms with Gasteiger partial charge in [-0.05, 0) is 50.3 Å². The van der Waals surface area contributed by atoms with Crippen LogP contribution in [0, 0.1) is 5.92 Å². The molecule has 8 nitrogen and oxygen atoms in total. The Hall–Kier alpha value is -2.45. The number of imide groups is 1. The van der Waals surface area contributed by atoms with Crippen LogP contribution in [0.25, 0.3) is 11.0 Å². The molecule has 2 aliphatic rings. The third-order valence-corrected chi connectivity index (χ3v) is 6.11. The van der Waals surface area contributed by atoms with Crippen molar-refractivity contribution in [2.24, 2.45) is 13.0 Å². The Morgan fingerprint density at radius 2 is 2.03 bits per heavy atom. The molecule has 1 aromatic carbocycles. The number of hydrogen-bond donors (Lipinski definition) is 2. The molecule has 2 N–H and O–H groups in total. The van der Waals surface area contributed by atoms with Gasteiger partial charge >= 0.3 is 5.69 Å². The van der Waals surface area contributed by atoms with Crippen LogP contribution in [0.3, 0.4) is 0 Å². The normalized spacial score (nSPS) is 24.6. The molecule has 1 aromatic heterocycles. The first-order chi connectivity index (χ1) is 14.0. The van der Waals surface area contributed by atoms with Gasteiger partial charge in [-0.1, -0.05) is 12.1 Å². The van der Waals surface area contributed by atoms with Gasteiger partial charge in [0, 0.05) is 20.0 Å². The predicted molar refractivity (Wildman–Crippen MR) is 109 cm³/mol. The molecule has 2 heterocycles. The molecule has 1 unspecified atom stereocenters. The van der Waals surface area contributed by atoms with E-state index in [0.29, 0.717) is 18.4 Å². The highest BCUT2D eigenvalue weighted by atomic mass is 16.5. The molecule has 2 aromatic rings. The molecular weight excluding hydrogens is 372 g/mol. The average molecular weight is 400 g/mol. The molecule has 1 aliphatic heterocycles. The van der Waals surface area contributed by atoms with Crippen molar-refractivity contribution in [3.63, 3.8) is 0 Å². The van der Waals surface area contributed by atoms with Gasteiger partial charge in [-0.2, -0.15) is 0 Å². The van der Waals surface area contributed by atoms with Crippen molar-refractivity contribution in [2.45, 2.75) is 44.2 Å². The minimum Gasteiger partial charge on any atom is -0.377 e. The lowest BCUT2D eigenvalue weighted by Crippen LogP contribution is -2.44. The number of carbonyl (C=O) groups is 2. The lowest BCUT2D eigenvalue weighted by molar-refractivity contribution is -0.135. The number of hydrogen-bond acceptors (Lipinski definition) is 5. The quantitative estimate of drug-likeness (QED) is 0.531. The van der Waals surface area contributed by atoms with Crippen LogP contribution in [0.4, 0.5) is 0 Å². The lowest BCUT2D eigenvalue weighted by atomic mass is 9.78. The zero-order chi connectivity index (χ0) is 20.5. The summed E-state index contributed by atoms with van der Waals surface area (Å²) in [6.45, 7) is 1.59. The second kappa shape index (κ2) is 8.12. The highest BCUT2D eigenvalue weighted by Crippen LogP contribution is 2.35. The van der Waals surface area contributed by atoms with E-state index in [0.717, 1.165) is 49.0 Å². The van der Waals surface area contributed by atoms with Crippen molar-refractivity contribution in [1.82, 2.24) is 19.8 Å². The zero-order valence-electron chi connectivity index (χ0n) is 16.9. The number of rotatable bonds is 7. The number of likely N-dealkylation sites (N-methyl/N-ethyl adjacent to an activating group) is 1. The van der Waals surface area contributed by atoms with Crippen molar-refractivity contribution < 1.29 is 14.3 Å². The third kappa shape index (κ3) is 3.74. The summed E-state index contributed by atoms with van der Waals surface area (Å²) in [5, 5.41) is 5.44. The standard InChI is InChI=1S/C21H28N4O4/c1-22-8-9-29-15-11-13(12-15)10-14-4-3-5-16-19(14)24(2)21(28)25(16)17-6-7-18(26)23-20(17)27/h3-5,13,15,17,22H,6-12H2,1-2H3,(H,23,26,27). The van der Waals surface area contributed by atoms with Crippen molar-refractivity contribution in [2.75, 3.05) is 20.2 Å². The molecule has 0 spiro atoms. The summed E-state index contributed by atoms with van der Waals surface area (Å²) in [6.07, 6.45) is 3.86. The van der Waals surface area contributed by atoms with Crippen LogP contribution < -0.4 is 16.3 Å². The largest absolute Gasteiger partial charge is 0.377 e. The number of ether oxygens (including phenoxy) is 1. The van der Waals surface area contributed by atoms with E-state index in [-0.39, 0.29) is 18.0 Å². The molecule has 1 saturated heterocycles. The van der Waals surface area contributed by atoms with Gasteiger partial charge in [0.1, 0.15) is 6.04 Å². The second-order valence-corrected chi connectivity index (χ2v) is 8.10. The molecule has 2 amide bonds. The summed E-state index contributed by atoms with van der Waals surface area (Å²) in [5.41, 5.74) is 2.53. The molecule has 1 aliphatic carbocycles. The van der Waals surface area contributed by atoms with E-state index in [1.807, 2.05) is 19.2 Å². The Morgan fingerprint density at radius 3 is 2.76 bits per heavy atom. The van der Waals surface area contributed by atoms with Crippen LogP contribution in [0.15, 0.2) is 23.0 Å². The van der Waals surface area contributed by atoms with Gasteiger partial charge in [0.15, 0.2) is 0 Å². The van der Waals surface area contributed by atoms with Gasteiger partial charge in [0.05, 0.1) is 23.7 Å². The number of imidazole rings is 1. The van der Waals surface area contributed by atoms with Crippen LogP contribution in [0.5, 0.6) is 0 Å². The SMILES string of the molecule is CNCCOC1CC(Cc2cccc3c2n(C)c(=O)n3C2CCC(=O)NC2=O)C1. The van der Waals surface area contributed by atoms with Gasteiger partial charge in [-0.25, -0.2) is 4.79 Å². The van der Waals surface area contributed by atoms with Crippen molar-refractivity contribution in [1.29, 1.82) is 0 Å². The molecule has 2 fully saturated rings. The number of aromatic nitrogens is 2. The second-order valence-electron chi connectivity index (χ2n) is 8.10. The number of amides is 2.